The molecule has 0 heterocycles. The molecule has 1 unspecified atom stereocenters. The summed E-state index contributed by atoms with van der Waals surface area (Å²) < 4.78 is 33.9. The molecule has 0 saturated heterocycles. The summed E-state index contributed by atoms with van der Waals surface area (Å²) in [5, 5.41) is 2.93. The Hall–Kier alpha value is -3.56. The van der Waals surface area contributed by atoms with Gasteiger partial charge in [-0.05, 0) is 68.3 Å². The minimum absolute atomic E-state index is 0.0336. The summed E-state index contributed by atoms with van der Waals surface area (Å²) in [6.07, 6.45) is 0. The average Bonchev–Trinajstić information content (AvgIpc) is 2.91. The molecule has 2 amide bonds. The van der Waals surface area contributed by atoms with Crippen molar-refractivity contribution in [3.8, 4) is 5.75 Å². The number of carbonyl (C=O) groups excluding carboxylic acids is 2. The van der Waals surface area contributed by atoms with Crippen molar-refractivity contribution in [2.45, 2.75) is 38.3 Å². The van der Waals surface area contributed by atoms with Gasteiger partial charge in [0.25, 0.3) is 10.0 Å². The number of carbonyl (C=O) groups is 2. The van der Waals surface area contributed by atoms with Gasteiger partial charge < -0.3 is 15.0 Å². The van der Waals surface area contributed by atoms with Crippen LogP contribution in [-0.4, -0.2) is 51.9 Å². The average molecular weight is 558 g/mol. The second kappa shape index (κ2) is 12.3. The van der Waals surface area contributed by atoms with Crippen molar-refractivity contribution in [1.82, 2.24) is 10.2 Å². The monoisotopic (exact) mass is 557 g/mol. The molecule has 0 spiro atoms. The Kier molecular flexibility index (Phi) is 9.40. The zero-order chi connectivity index (χ0) is 28.0. The van der Waals surface area contributed by atoms with Crippen LogP contribution < -0.4 is 14.4 Å². The molecule has 38 heavy (non-hydrogen) atoms. The highest BCUT2D eigenvalue weighted by Crippen LogP contribution is 2.29. The Labute approximate surface area is 229 Å². The van der Waals surface area contributed by atoms with Crippen LogP contribution in [0.3, 0.4) is 0 Å². The van der Waals surface area contributed by atoms with Gasteiger partial charge >= 0.3 is 0 Å². The maximum Gasteiger partial charge on any atom is 0.264 e. The van der Waals surface area contributed by atoms with Crippen molar-refractivity contribution in [2.24, 2.45) is 0 Å². The molecular weight excluding hydrogens is 526 g/mol. The van der Waals surface area contributed by atoms with Gasteiger partial charge in [-0.1, -0.05) is 47.5 Å². The number of benzene rings is 3. The van der Waals surface area contributed by atoms with Crippen LogP contribution in [0.5, 0.6) is 5.75 Å². The molecule has 0 radical (unpaired) electrons. The molecule has 0 aliphatic heterocycles. The standard InChI is InChI=1S/C28H32ClN3O5S/c1-19-9-13-25(14-10-19)38(35,36)32(23-12-11-20(2)26(29)16-23)18-27(33)31(21(3)28(34)30-4)17-22-7-6-8-24(15-22)37-5/h6-16,21H,17-18H2,1-5H3,(H,30,34). The van der Waals surface area contributed by atoms with Crippen molar-refractivity contribution in [3.05, 3.63) is 88.4 Å². The zero-order valence-corrected chi connectivity index (χ0v) is 23.6. The number of rotatable bonds is 10. The largest absolute Gasteiger partial charge is 0.497 e. The highest BCUT2D eigenvalue weighted by Gasteiger charge is 2.32. The number of methoxy groups -OCH3 is 1. The molecule has 0 bridgehead atoms. The zero-order valence-electron chi connectivity index (χ0n) is 22.1. The molecule has 10 heteroatoms. The first-order valence-electron chi connectivity index (χ1n) is 12.0. The fraction of sp³-hybridized carbons (Fsp3) is 0.286. The molecule has 0 aliphatic carbocycles. The maximum absolute atomic E-state index is 13.8. The van der Waals surface area contributed by atoms with Crippen molar-refractivity contribution in [1.29, 1.82) is 0 Å². The van der Waals surface area contributed by atoms with Crippen LogP contribution in [0.4, 0.5) is 5.69 Å². The number of nitrogens with zero attached hydrogens (tertiary/aromatic N) is 2. The van der Waals surface area contributed by atoms with Crippen LogP contribution in [-0.2, 0) is 26.2 Å². The lowest BCUT2D eigenvalue weighted by atomic mass is 10.1. The van der Waals surface area contributed by atoms with Crippen LogP contribution in [0.15, 0.2) is 71.6 Å². The van der Waals surface area contributed by atoms with E-state index in [2.05, 4.69) is 5.32 Å². The summed E-state index contributed by atoms with van der Waals surface area (Å²) in [5.41, 5.74) is 2.62. The topological polar surface area (TPSA) is 96.0 Å². The van der Waals surface area contributed by atoms with Crippen LogP contribution in [0, 0.1) is 13.8 Å². The molecule has 1 N–H and O–H groups in total. The Morgan fingerprint density at radius 3 is 2.32 bits per heavy atom. The van der Waals surface area contributed by atoms with Gasteiger partial charge in [-0.15, -0.1) is 0 Å². The fourth-order valence-electron chi connectivity index (χ4n) is 3.86. The lowest BCUT2D eigenvalue weighted by molar-refractivity contribution is -0.139. The minimum atomic E-state index is -4.16. The number of nitrogens with one attached hydrogen (secondary N) is 1. The number of aryl methyl sites for hydroxylation is 2. The normalized spacial score (nSPS) is 11.9. The summed E-state index contributed by atoms with van der Waals surface area (Å²) in [5.74, 6) is -0.343. The molecule has 0 aliphatic rings. The Morgan fingerprint density at radius 1 is 1.03 bits per heavy atom. The van der Waals surface area contributed by atoms with Gasteiger partial charge in [0.15, 0.2) is 0 Å². The molecule has 3 aromatic rings. The van der Waals surface area contributed by atoms with E-state index < -0.39 is 28.5 Å². The van der Waals surface area contributed by atoms with E-state index in [1.807, 2.05) is 6.92 Å². The molecule has 8 nitrogen and oxygen atoms in total. The van der Waals surface area contributed by atoms with E-state index in [9.17, 15) is 18.0 Å². The van der Waals surface area contributed by atoms with E-state index in [-0.39, 0.29) is 23.0 Å². The van der Waals surface area contributed by atoms with Crippen molar-refractivity contribution < 1.29 is 22.7 Å². The summed E-state index contributed by atoms with van der Waals surface area (Å²) >= 11 is 6.34. The number of ether oxygens (including phenoxy) is 1. The van der Waals surface area contributed by atoms with Gasteiger partial charge in [0.05, 0.1) is 17.7 Å². The third-order valence-electron chi connectivity index (χ3n) is 6.23. The van der Waals surface area contributed by atoms with Crippen LogP contribution in [0.25, 0.3) is 0 Å². The lowest BCUT2D eigenvalue weighted by Gasteiger charge is -2.32. The number of anilines is 1. The van der Waals surface area contributed by atoms with Crippen molar-refractivity contribution in [3.63, 3.8) is 0 Å². The first-order valence-corrected chi connectivity index (χ1v) is 13.8. The molecule has 0 saturated carbocycles. The number of amides is 2. The SMILES string of the molecule is CNC(=O)C(C)N(Cc1cccc(OC)c1)C(=O)CN(c1ccc(C)c(Cl)c1)S(=O)(=O)c1ccc(C)cc1. The van der Waals surface area contributed by atoms with Crippen LogP contribution in [0.1, 0.15) is 23.6 Å². The predicted molar refractivity (Wildman–Crippen MR) is 149 cm³/mol. The predicted octanol–water partition coefficient (Wildman–Crippen LogP) is 4.32. The number of likely N-dealkylation sites (N-methyl/N-ethyl adjacent to an activating group) is 1. The van der Waals surface area contributed by atoms with Gasteiger partial charge in [-0.2, -0.15) is 0 Å². The molecule has 3 rings (SSSR count). The summed E-state index contributed by atoms with van der Waals surface area (Å²) in [6, 6.07) is 17.5. The third-order valence-corrected chi connectivity index (χ3v) is 8.43. The second-order valence-electron chi connectivity index (χ2n) is 8.92. The fourth-order valence-corrected chi connectivity index (χ4v) is 5.44. The van der Waals surface area contributed by atoms with E-state index >= 15 is 0 Å². The minimum Gasteiger partial charge on any atom is -0.497 e. The third kappa shape index (κ3) is 6.65. The quantitative estimate of drug-likeness (QED) is 0.400. The van der Waals surface area contributed by atoms with E-state index in [0.717, 1.165) is 21.0 Å². The molecule has 3 aromatic carbocycles. The highest BCUT2D eigenvalue weighted by molar-refractivity contribution is 7.92. The van der Waals surface area contributed by atoms with Gasteiger partial charge in [0.2, 0.25) is 11.8 Å². The number of sulfonamides is 1. The summed E-state index contributed by atoms with van der Waals surface area (Å²) in [6.45, 7) is 4.78. The molecule has 0 fully saturated rings. The summed E-state index contributed by atoms with van der Waals surface area (Å²) in [7, 11) is -1.14. The first kappa shape index (κ1) is 29.0. The number of hydrogen-bond acceptors (Lipinski definition) is 5. The smallest absolute Gasteiger partial charge is 0.264 e. The molecule has 0 aromatic heterocycles. The van der Waals surface area contributed by atoms with E-state index in [1.54, 1.807) is 62.4 Å². The number of halogens is 1. The molecule has 202 valence electrons. The van der Waals surface area contributed by atoms with E-state index in [1.165, 1.54) is 37.3 Å². The van der Waals surface area contributed by atoms with Gasteiger partial charge in [0.1, 0.15) is 18.3 Å². The van der Waals surface area contributed by atoms with Crippen molar-refractivity contribution >= 4 is 39.1 Å². The van der Waals surface area contributed by atoms with Crippen LogP contribution >= 0.6 is 11.6 Å². The lowest BCUT2D eigenvalue weighted by Crippen LogP contribution is -2.50. The second-order valence-corrected chi connectivity index (χ2v) is 11.2. The van der Waals surface area contributed by atoms with E-state index in [0.29, 0.717) is 10.8 Å². The summed E-state index contributed by atoms with van der Waals surface area (Å²) in [4.78, 5) is 27.8. The van der Waals surface area contributed by atoms with Gasteiger partial charge in [-0.25, -0.2) is 8.42 Å². The Balaban J connectivity index is 2.06. The van der Waals surface area contributed by atoms with E-state index in [4.69, 9.17) is 16.3 Å². The maximum atomic E-state index is 13.8. The number of hydrogen-bond donors (Lipinski definition) is 1. The van der Waals surface area contributed by atoms with Gasteiger partial charge in [-0.3, -0.25) is 13.9 Å². The van der Waals surface area contributed by atoms with Crippen LogP contribution in [0.2, 0.25) is 5.02 Å². The highest BCUT2D eigenvalue weighted by atomic mass is 35.5. The molecular formula is C28H32ClN3O5S. The molecule has 1 atom stereocenters. The Bertz CT molecular complexity index is 1410. The first-order chi connectivity index (χ1) is 18.0. The Morgan fingerprint density at radius 2 is 1.71 bits per heavy atom. The van der Waals surface area contributed by atoms with Crippen molar-refractivity contribution in [2.75, 3.05) is 25.0 Å². The van der Waals surface area contributed by atoms with Gasteiger partial charge in [0, 0.05) is 18.6 Å².